The van der Waals surface area contributed by atoms with Crippen LogP contribution in [0.3, 0.4) is 0 Å². The SMILES string of the molecule is Cn1ncc2c(=O)n(CCC(=O)Cc3ccc(F)cc3F)c3cc(OCc4ccccc4)c(OCc4ccccc4)cc3c21. The third-order valence-corrected chi connectivity index (χ3v) is 7.51. The van der Waals surface area contributed by atoms with Gasteiger partial charge in [0.25, 0.3) is 5.56 Å². The molecule has 0 fully saturated rings. The Hall–Kier alpha value is -5.31. The number of fused-ring (bicyclic) bond motifs is 3. The number of carbonyl (C=O) groups is 1. The number of aryl methyl sites for hydroxylation is 2. The summed E-state index contributed by atoms with van der Waals surface area (Å²) in [6.45, 7) is 0.620. The van der Waals surface area contributed by atoms with Crippen LogP contribution in [0.4, 0.5) is 8.78 Å². The largest absolute Gasteiger partial charge is 0.485 e. The van der Waals surface area contributed by atoms with Crippen LogP contribution in [0.5, 0.6) is 11.5 Å². The molecule has 0 spiro atoms. The molecule has 222 valence electrons. The number of hydrogen-bond donors (Lipinski definition) is 0. The first-order chi connectivity index (χ1) is 21.4. The Morgan fingerprint density at radius 1 is 0.818 bits per heavy atom. The lowest BCUT2D eigenvalue weighted by Crippen LogP contribution is -2.23. The van der Waals surface area contributed by atoms with E-state index in [1.54, 1.807) is 17.8 Å². The molecule has 0 saturated heterocycles. The van der Waals surface area contributed by atoms with Gasteiger partial charge in [-0.05, 0) is 28.8 Å². The number of hydrogen-bond acceptors (Lipinski definition) is 5. The predicted octanol–water partition coefficient (Wildman–Crippen LogP) is 6.53. The van der Waals surface area contributed by atoms with Gasteiger partial charge in [0.05, 0.1) is 22.6 Å². The Kier molecular flexibility index (Phi) is 8.18. The molecule has 6 rings (SSSR count). The summed E-state index contributed by atoms with van der Waals surface area (Å²) >= 11 is 0. The van der Waals surface area contributed by atoms with Gasteiger partial charge in [-0.3, -0.25) is 14.3 Å². The standard InChI is InChI=1S/C35H29F2N3O4/c1-39-34-28-18-32(43-21-23-8-4-2-5-9-23)33(44-22-24-10-6-3-7-11-24)19-31(28)40(35(42)29(34)20-38-39)15-14-27(41)16-25-12-13-26(36)17-30(25)37/h2-13,17-20H,14-16,21-22H2,1H3. The molecule has 2 heterocycles. The van der Waals surface area contributed by atoms with E-state index < -0.39 is 11.6 Å². The minimum Gasteiger partial charge on any atom is -0.485 e. The number of Topliss-reactive ketones (excluding diaryl/α,β-unsaturated/α-hetero) is 1. The Labute approximate surface area is 251 Å². The van der Waals surface area contributed by atoms with Crippen LogP contribution in [-0.2, 0) is 38.0 Å². The summed E-state index contributed by atoms with van der Waals surface area (Å²) in [5.74, 6) is -0.843. The van der Waals surface area contributed by atoms with E-state index in [0.29, 0.717) is 39.9 Å². The number of halogens is 2. The van der Waals surface area contributed by atoms with Crippen LogP contribution in [0, 0.1) is 11.6 Å². The third-order valence-electron chi connectivity index (χ3n) is 7.51. The maximum Gasteiger partial charge on any atom is 0.262 e. The van der Waals surface area contributed by atoms with Gasteiger partial charge < -0.3 is 14.0 Å². The number of nitrogens with zero attached hydrogens (tertiary/aromatic N) is 3. The Morgan fingerprint density at radius 3 is 2.09 bits per heavy atom. The molecule has 0 aliphatic rings. The maximum absolute atomic E-state index is 14.2. The van der Waals surface area contributed by atoms with Crippen LogP contribution in [-0.4, -0.2) is 20.1 Å². The Bertz CT molecular complexity index is 2020. The second-order valence-electron chi connectivity index (χ2n) is 10.6. The van der Waals surface area contributed by atoms with Gasteiger partial charge >= 0.3 is 0 Å². The number of aromatic nitrogens is 3. The molecule has 0 radical (unpaired) electrons. The van der Waals surface area contributed by atoms with Gasteiger partial charge in [0.1, 0.15) is 30.6 Å². The van der Waals surface area contributed by atoms with Crippen molar-refractivity contribution >= 4 is 27.6 Å². The highest BCUT2D eigenvalue weighted by atomic mass is 19.1. The zero-order chi connectivity index (χ0) is 30.6. The van der Waals surface area contributed by atoms with E-state index in [1.165, 1.54) is 16.8 Å². The van der Waals surface area contributed by atoms with Gasteiger partial charge in [-0.25, -0.2) is 8.78 Å². The molecule has 0 saturated carbocycles. The van der Waals surface area contributed by atoms with E-state index >= 15 is 0 Å². The Balaban J connectivity index is 1.39. The van der Waals surface area contributed by atoms with E-state index in [4.69, 9.17) is 9.47 Å². The van der Waals surface area contributed by atoms with Crippen molar-refractivity contribution in [3.63, 3.8) is 0 Å². The Morgan fingerprint density at radius 2 is 1.45 bits per heavy atom. The molecular formula is C35H29F2N3O4. The highest BCUT2D eigenvalue weighted by Gasteiger charge is 2.20. The summed E-state index contributed by atoms with van der Waals surface area (Å²) in [6.07, 6.45) is 1.26. The topological polar surface area (TPSA) is 75.4 Å². The molecule has 9 heteroatoms. The van der Waals surface area contributed by atoms with Gasteiger partial charge in [0.2, 0.25) is 0 Å². The smallest absolute Gasteiger partial charge is 0.262 e. The predicted molar refractivity (Wildman–Crippen MR) is 164 cm³/mol. The monoisotopic (exact) mass is 593 g/mol. The van der Waals surface area contributed by atoms with Crippen molar-refractivity contribution in [1.29, 1.82) is 0 Å². The lowest BCUT2D eigenvalue weighted by Gasteiger charge is -2.18. The van der Waals surface area contributed by atoms with Crippen LogP contribution < -0.4 is 15.0 Å². The van der Waals surface area contributed by atoms with Crippen LogP contribution in [0.2, 0.25) is 0 Å². The zero-order valence-corrected chi connectivity index (χ0v) is 24.0. The highest BCUT2D eigenvalue weighted by molar-refractivity contribution is 6.04. The summed E-state index contributed by atoms with van der Waals surface area (Å²) in [5, 5.41) is 5.42. The van der Waals surface area contributed by atoms with Crippen molar-refractivity contribution in [3.8, 4) is 11.5 Å². The lowest BCUT2D eigenvalue weighted by atomic mass is 10.1. The van der Waals surface area contributed by atoms with E-state index in [9.17, 15) is 18.4 Å². The van der Waals surface area contributed by atoms with Crippen molar-refractivity contribution in [2.24, 2.45) is 7.05 Å². The maximum atomic E-state index is 14.2. The quantitative estimate of drug-likeness (QED) is 0.171. The lowest BCUT2D eigenvalue weighted by molar-refractivity contribution is -0.118. The molecule has 0 aliphatic carbocycles. The molecule has 2 aromatic heterocycles. The van der Waals surface area contributed by atoms with Crippen molar-refractivity contribution in [2.75, 3.05) is 0 Å². The normalized spacial score (nSPS) is 11.2. The van der Waals surface area contributed by atoms with Crippen LogP contribution in [0.15, 0.2) is 102 Å². The fraction of sp³-hybridized carbons (Fsp3) is 0.171. The molecule has 0 bridgehead atoms. The second kappa shape index (κ2) is 12.5. The van der Waals surface area contributed by atoms with Gasteiger partial charge in [-0.15, -0.1) is 0 Å². The minimum absolute atomic E-state index is 0.0376. The highest BCUT2D eigenvalue weighted by Crippen LogP contribution is 2.36. The second-order valence-corrected chi connectivity index (χ2v) is 10.6. The summed E-state index contributed by atoms with van der Waals surface area (Å²) in [5.41, 5.74) is 2.90. The molecule has 0 amide bonds. The van der Waals surface area contributed by atoms with E-state index in [-0.39, 0.29) is 42.9 Å². The third kappa shape index (κ3) is 6.08. The number of ether oxygens (including phenoxy) is 2. The summed E-state index contributed by atoms with van der Waals surface area (Å²) in [6, 6.07) is 26.2. The number of benzene rings is 4. The average molecular weight is 594 g/mol. The summed E-state index contributed by atoms with van der Waals surface area (Å²) < 4.78 is 43.2. The van der Waals surface area contributed by atoms with Crippen molar-refractivity contribution in [3.05, 3.63) is 136 Å². The van der Waals surface area contributed by atoms with Crippen molar-refractivity contribution in [1.82, 2.24) is 14.3 Å². The van der Waals surface area contributed by atoms with Gasteiger partial charge in [-0.2, -0.15) is 5.10 Å². The van der Waals surface area contributed by atoms with Crippen LogP contribution in [0.25, 0.3) is 21.8 Å². The first kappa shape index (κ1) is 28.8. The van der Waals surface area contributed by atoms with Crippen LogP contribution in [0.1, 0.15) is 23.1 Å². The number of carbonyl (C=O) groups excluding carboxylic acids is 1. The fourth-order valence-electron chi connectivity index (χ4n) is 5.25. The molecule has 0 unspecified atom stereocenters. The number of pyridine rings is 1. The fourth-order valence-corrected chi connectivity index (χ4v) is 5.25. The molecule has 0 atom stereocenters. The molecule has 4 aromatic carbocycles. The molecular weight excluding hydrogens is 564 g/mol. The van der Waals surface area contributed by atoms with Crippen molar-refractivity contribution < 1.29 is 23.0 Å². The van der Waals surface area contributed by atoms with Crippen molar-refractivity contribution in [2.45, 2.75) is 32.6 Å². The zero-order valence-electron chi connectivity index (χ0n) is 24.0. The molecule has 0 N–H and O–H groups in total. The number of ketones is 1. The average Bonchev–Trinajstić information content (AvgIpc) is 3.43. The molecule has 6 aromatic rings. The van der Waals surface area contributed by atoms with E-state index in [0.717, 1.165) is 23.3 Å². The van der Waals surface area contributed by atoms with Gasteiger partial charge in [0, 0.05) is 44.0 Å². The number of rotatable bonds is 11. The van der Waals surface area contributed by atoms with Gasteiger partial charge in [-0.1, -0.05) is 66.7 Å². The molecule has 7 nitrogen and oxygen atoms in total. The summed E-state index contributed by atoms with van der Waals surface area (Å²) in [7, 11) is 1.76. The van der Waals surface area contributed by atoms with Crippen LogP contribution >= 0.6 is 0 Å². The summed E-state index contributed by atoms with van der Waals surface area (Å²) in [4.78, 5) is 26.6. The first-order valence-corrected chi connectivity index (χ1v) is 14.2. The van der Waals surface area contributed by atoms with Gasteiger partial charge in [0.15, 0.2) is 11.5 Å². The molecule has 44 heavy (non-hydrogen) atoms. The first-order valence-electron chi connectivity index (χ1n) is 14.2. The minimum atomic E-state index is -0.777. The van der Waals surface area contributed by atoms with E-state index in [2.05, 4.69) is 5.10 Å². The molecule has 0 aliphatic heterocycles. The van der Waals surface area contributed by atoms with E-state index in [1.807, 2.05) is 66.7 Å².